The molecule has 15 heteroatoms. The second kappa shape index (κ2) is 15.0. The van der Waals surface area contributed by atoms with Crippen LogP contribution in [0.1, 0.15) is 129 Å². The van der Waals surface area contributed by atoms with Gasteiger partial charge < -0.3 is 14.7 Å². The Bertz CT molecular complexity index is 1860. The van der Waals surface area contributed by atoms with Gasteiger partial charge in [0, 0.05) is 54.9 Å². The number of aliphatic hydroxyl groups excluding tert-OH is 1. The first-order valence-corrected chi connectivity index (χ1v) is 20.2. The van der Waals surface area contributed by atoms with Crippen molar-refractivity contribution < 1.29 is 44.6 Å². The first kappa shape index (κ1) is 39.2. The molecular weight excluding hydrogens is 722 g/mol. The third kappa shape index (κ3) is 9.26. The summed E-state index contributed by atoms with van der Waals surface area (Å²) in [5, 5.41) is 11.6. The number of nitrogens with zero attached hydrogens (tertiary/aromatic N) is 4. The van der Waals surface area contributed by atoms with Gasteiger partial charge in [-0.2, -0.15) is 13.2 Å². The number of pyridine rings is 1. The maximum absolute atomic E-state index is 17.3. The van der Waals surface area contributed by atoms with Crippen molar-refractivity contribution in [2.45, 2.75) is 108 Å². The summed E-state index contributed by atoms with van der Waals surface area (Å²) in [6.07, 6.45) is -1.70. The maximum Gasteiger partial charge on any atom is 0.416 e. The van der Waals surface area contributed by atoms with Crippen LogP contribution < -0.4 is 9.64 Å². The van der Waals surface area contributed by atoms with Gasteiger partial charge in [0.25, 0.3) is 0 Å². The van der Waals surface area contributed by atoms with E-state index in [1.165, 1.54) is 12.4 Å². The summed E-state index contributed by atoms with van der Waals surface area (Å²) in [6, 6.07) is 3.92. The molecular formula is C38H46F6N4O4S. The van der Waals surface area contributed by atoms with Crippen LogP contribution in [0.25, 0.3) is 0 Å². The van der Waals surface area contributed by atoms with Crippen molar-refractivity contribution in [2.24, 2.45) is 5.41 Å². The smallest absolute Gasteiger partial charge is 0.416 e. The van der Waals surface area contributed by atoms with Crippen molar-refractivity contribution in [3.63, 3.8) is 0 Å². The number of aromatic nitrogens is 3. The summed E-state index contributed by atoms with van der Waals surface area (Å²) in [6.45, 7) is 5.18. The summed E-state index contributed by atoms with van der Waals surface area (Å²) in [7, 11) is -3.10. The first-order valence-electron chi connectivity index (χ1n) is 18.1. The van der Waals surface area contributed by atoms with Crippen molar-refractivity contribution in [1.82, 2.24) is 15.0 Å². The number of anilines is 1. The van der Waals surface area contributed by atoms with E-state index in [0.29, 0.717) is 79.4 Å². The number of ether oxygens (including phenoxy) is 1. The second-order valence-electron chi connectivity index (χ2n) is 15.7. The average Bonchev–Trinajstić information content (AvgIpc) is 3.08. The van der Waals surface area contributed by atoms with Crippen LogP contribution in [-0.2, 0) is 22.4 Å². The summed E-state index contributed by atoms with van der Waals surface area (Å²) < 4.78 is 115. The van der Waals surface area contributed by atoms with Gasteiger partial charge in [-0.25, -0.2) is 31.6 Å². The lowest BCUT2D eigenvalue weighted by Gasteiger charge is -2.41. The lowest BCUT2D eigenvalue weighted by molar-refractivity contribution is -0.137. The highest BCUT2D eigenvalue weighted by Gasteiger charge is 2.44. The van der Waals surface area contributed by atoms with Crippen LogP contribution in [0.3, 0.4) is 0 Å². The van der Waals surface area contributed by atoms with E-state index < -0.39 is 45.7 Å². The van der Waals surface area contributed by atoms with Crippen molar-refractivity contribution in [3.05, 3.63) is 75.9 Å². The molecule has 1 unspecified atom stereocenters. The standard InChI is InChI=1S/C38H46F6N4O4S/c1-36(2)19-28-31(29(49)20-36)30(23-9-13-37(40,41)14-10-23)32(33(39)24-5-7-26(8-6-24)38(42,43)44)34(47-28)25-11-15-48(16-12-25)35-45-21-27(22-46-35)52-17-4-18-53(3,50)51/h5-8,21-23,25,29,33,49H,4,9-20H2,1-3H3/t29-,33?/m0/s1. The number of alkyl halides is 6. The molecule has 53 heavy (non-hydrogen) atoms. The number of hydrogen-bond acceptors (Lipinski definition) is 8. The van der Waals surface area contributed by atoms with Gasteiger partial charge in [-0.1, -0.05) is 26.0 Å². The first-order chi connectivity index (χ1) is 24.8. The lowest BCUT2D eigenvalue weighted by Crippen LogP contribution is -2.36. The van der Waals surface area contributed by atoms with Crippen molar-refractivity contribution in [3.8, 4) is 5.75 Å². The van der Waals surface area contributed by atoms with Crippen LogP contribution >= 0.6 is 0 Å². The molecule has 1 aliphatic heterocycles. The second-order valence-corrected chi connectivity index (χ2v) is 17.9. The normalized spacial score (nSPS) is 21.6. The Kier molecular flexibility index (Phi) is 11.1. The predicted octanol–water partition coefficient (Wildman–Crippen LogP) is 8.45. The third-order valence-corrected chi connectivity index (χ3v) is 11.8. The van der Waals surface area contributed by atoms with E-state index >= 15 is 4.39 Å². The minimum atomic E-state index is -4.61. The van der Waals surface area contributed by atoms with Gasteiger partial charge in [-0.05, 0) is 79.5 Å². The van der Waals surface area contributed by atoms with E-state index in [9.17, 15) is 35.5 Å². The Hall–Kier alpha value is -3.46. The summed E-state index contributed by atoms with van der Waals surface area (Å²) in [5.41, 5.74) is 1.01. The van der Waals surface area contributed by atoms with E-state index in [2.05, 4.69) is 9.97 Å². The number of piperidine rings is 1. The molecule has 0 spiro atoms. The Morgan fingerprint density at radius 2 is 1.60 bits per heavy atom. The minimum absolute atomic E-state index is 0.00141. The number of benzene rings is 1. The van der Waals surface area contributed by atoms with E-state index in [1.807, 2.05) is 18.7 Å². The van der Waals surface area contributed by atoms with Gasteiger partial charge in [0.15, 0.2) is 11.9 Å². The molecule has 0 amide bonds. The fourth-order valence-corrected chi connectivity index (χ4v) is 8.77. The lowest BCUT2D eigenvalue weighted by atomic mass is 9.68. The third-order valence-electron chi connectivity index (χ3n) is 10.8. The number of rotatable bonds is 10. The zero-order chi connectivity index (χ0) is 38.3. The van der Waals surface area contributed by atoms with Gasteiger partial charge in [0.2, 0.25) is 11.9 Å². The van der Waals surface area contributed by atoms with E-state index in [0.717, 1.165) is 30.5 Å². The van der Waals surface area contributed by atoms with Crippen LogP contribution in [0.4, 0.5) is 32.3 Å². The summed E-state index contributed by atoms with van der Waals surface area (Å²) >= 11 is 0. The maximum atomic E-state index is 17.3. The Balaban J connectivity index is 1.34. The number of hydrogen-bond donors (Lipinski definition) is 1. The van der Waals surface area contributed by atoms with Gasteiger partial charge in [0.1, 0.15) is 9.84 Å². The monoisotopic (exact) mass is 768 g/mol. The predicted molar refractivity (Wildman–Crippen MR) is 188 cm³/mol. The zero-order valence-electron chi connectivity index (χ0n) is 30.1. The molecule has 3 aromatic rings. The van der Waals surface area contributed by atoms with Gasteiger partial charge in [-0.15, -0.1) is 0 Å². The number of aliphatic hydroxyl groups is 1. The SMILES string of the molecule is CC1(C)Cc2nc(C3CCN(c4ncc(OCCCS(C)(=O)=O)cn4)CC3)c(C(F)c3ccc(C(F)(F)F)cc3)c(C3CCC(F)(F)CC3)c2[C@@H](O)C1. The molecule has 2 atom stereocenters. The van der Waals surface area contributed by atoms with Crippen LogP contribution in [0.15, 0.2) is 36.7 Å². The van der Waals surface area contributed by atoms with Crippen molar-refractivity contribution >= 4 is 15.8 Å². The van der Waals surface area contributed by atoms with Crippen LogP contribution in [-0.4, -0.2) is 66.1 Å². The highest BCUT2D eigenvalue weighted by molar-refractivity contribution is 7.90. The molecule has 1 saturated heterocycles. The van der Waals surface area contributed by atoms with Crippen molar-refractivity contribution in [2.75, 3.05) is 36.6 Å². The van der Waals surface area contributed by atoms with Gasteiger partial charge >= 0.3 is 6.18 Å². The highest BCUT2D eigenvalue weighted by Crippen LogP contribution is 2.52. The Labute approximate surface area is 306 Å². The van der Waals surface area contributed by atoms with Crippen LogP contribution in [0.5, 0.6) is 5.75 Å². The van der Waals surface area contributed by atoms with Crippen LogP contribution in [0, 0.1) is 5.41 Å². The molecule has 1 N–H and O–H groups in total. The minimum Gasteiger partial charge on any atom is -0.490 e. The molecule has 0 radical (unpaired) electrons. The molecule has 3 aliphatic rings. The largest absolute Gasteiger partial charge is 0.490 e. The average molecular weight is 769 g/mol. The molecule has 0 bridgehead atoms. The molecule has 1 aromatic carbocycles. The fraction of sp³-hybridized carbons (Fsp3) is 0.605. The summed E-state index contributed by atoms with van der Waals surface area (Å²) in [4.78, 5) is 15.9. The number of sulfone groups is 1. The molecule has 2 aromatic heterocycles. The zero-order valence-corrected chi connectivity index (χ0v) is 30.9. The molecule has 3 heterocycles. The molecule has 1 saturated carbocycles. The van der Waals surface area contributed by atoms with E-state index in [-0.39, 0.29) is 60.5 Å². The molecule has 8 nitrogen and oxygen atoms in total. The fourth-order valence-electron chi connectivity index (χ4n) is 8.13. The Morgan fingerprint density at radius 3 is 2.19 bits per heavy atom. The van der Waals surface area contributed by atoms with Crippen LogP contribution in [0.2, 0.25) is 0 Å². The van der Waals surface area contributed by atoms with Gasteiger partial charge in [0.05, 0.1) is 42.1 Å². The van der Waals surface area contributed by atoms with E-state index in [4.69, 9.17) is 9.72 Å². The topological polar surface area (TPSA) is 106 Å². The highest BCUT2D eigenvalue weighted by atomic mass is 32.2. The molecule has 6 rings (SSSR count). The molecule has 290 valence electrons. The number of fused-ring (bicyclic) bond motifs is 1. The number of halogens is 6. The quantitative estimate of drug-likeness (QED) is 0.162. The van der Waals surface area contributed by atoms with Crippen molar-refractivity contribution in [1.29, 1.82) is 0 Å². The summed E-state index contributed by atoms with van der Waals surface area (Å²) in [5.74, 6) is -2.76. The Morgan fingerprint density at radius 1 is 0.981 bits per heavy atom. The molecule has 2 aliphatic carbocycles. The van der Waals surface area contributed by atoms with Gasteiger partial charge in [-0.3, -0.25) is 4.98 Å². The van der Waals surface area contributed by atoms with E-state index in [1.54, 1.807) is 0 Å². The molecule has 2 fully saturated rings.